The second-order valence-corrected chi connectivity index (χ2v) is 6.99. The van der Waals surface area contributed by atoms with Crippen molar-refractivity contribution in [2.75, 3.05) is 6.61 Å². The molecule has 2 atom stereocenters. The number of imidazole rings is 1. The van der Waals surface area contributed by atoms with Crippen LogP contribution in [0.5, 0.6) is 0 Å². The van der Waals surface area contributed by atoms with E-state index in [1.54, 1.807) is 29.1 Å². The molecule has 120 valence electrons. The minimum Gasteiger partial charge on any atom is -0.369 e. The molecule has 1 N–H and O–H groups in total. The van der Waals surface area contributed by atoms with Gasteiger partial charge in [-0.1, -0.05) is 12.1 Å². The van der Waals surface area contributed by atoms with Gasteiger partial charge in [0.2, 0.25) is 10.0 Å². The molecule has 1 aliphatic heterocycles. The molecule has 0 bridgehead atoms. The van der Waals surface area contributed by atoms with Gasteiger partial charge in [-0.2, -0.15) is 5.26 Å². The normalized spacial score (nSPS) is 21.2. The smallest absolute Gasteiger partial charge is 0.242 e. The van der Waals surface area contributed by atoms with Gasteiger partial charge in [0.25, 0.3) is 0 Å². The minimum atomic E-state index is -3.81. The Kier molecular flexibility index (Phi) is 4.17. The summed E-state index contributed by atoms with van der Waals surface area (Å²) < 4.78 is 35.4. The van der Waals surface area contributed by atoms with E-state index in [1.807, 2.05) is 13.1 Å². The van der Waals surface area contributed by atoms with E-state index < -0.39 is 22.2 Å². The molecular weight excluding hydrogens is 316 g/mol. The Morgan fingerprint density at radius 1 is 1.43 bits per heavy atom. The van der Waals surface area contributed by atoms with Crippen LogP contribution < -0.4 is 4.72 Å². The van der Waals surface area contributed by atoms with Crippen molar-refractivity contribution in [2.24, 2.45) is 7.05 Å². The second kappa shape index (κ2) is 6.12. The Balaban J connectivity index is 1.88. The maximum Gasteiger partial charge on any atom is 0.242 e. The third-order valence-electron chi connectivity index (χ3n) is 3.81. The van der Waals surface area contributed by atoms with Crippen LogP contribution in [0.15, 0.2) is 41.6 Å². The number of nitrogens with zero attached hydrogens (tertiary/aromatic N) is 3. The summed E-state index contributed by atoms with van der Waals surface area (Å²) in [7, 11) is -1.98. The van der Waals surface area contributed by atoms with Crippen LogP contribution in [0.25, 0.3) is 0 Å². The maximum atomic E-state index is 12.6. The van der Waals surface area contributed by atoms with Gasteiger partial charge in [0.05, 0.1) is 16.5 Å². The van der Waals surface area contributed by atoms with Crippen LogP contribution in [0.1, 0.15) is 23.9 Å². The minimum absolute atomic E-state index is 0.0204. The van der Waals surface area contributed by atoms with E-state index in [0.29, 0.717) is 18.9 Å². The standard InChI is InChI=1S/C15H16N4O3S/c1-19-8-7-17-15(19)14-12(6-9-22-14)18-23(20,21)13-5-3-2-4-11(13)10-16/h2-5,7-8,12,14,18H,6,9H2,1H3/t12-,14-/m0/s1. The molecule has 23 heavy (non-hydrogen) atoms. The van der Waals surface area contributed by atoms with E-state index in [2.05, 4.69) is 9.71 Å². The first-order valence-corrected chi connectivity index (χ1v) is 8.61. The number of hydrogen-bond acceptors (Lipinski definition) is 5. The lowest BCUT2D eigenvalue weighted by Crippen LogP contribution is -2.37. The van der Waals surface area contributed by atoms with Gasteiger partial charge in [-0.3, -0.25) is 0 Å². The summed E-state index contributed by atoms with van der Waals surface area (Å²) in [5, 5.41) is 9.10. The third kappa shape index (κ3) is 2.99. The van der Waals surface area contributed by atoms with Crippen molar-refractivity contribution < 1.29 is 13.2 Å². The molecule has 1 aliphatic rings. The van der Waals surface area contributed by atoms with Gasteiger partial charge >= 0.3 is 0 Å². The van der Waals surface area contributed by atoms with E-state index in [0.717, 1.165) is 0 Å². The van der Waals surface area contributed by atoms with Crippen LogP contribution in [-0.2, 0) is 21.8 Å². The third-order valence-corrected chi connectivity index (χ3v) is 5.36. The molecule has 0 aliphatic carbocycles. The van der Waals surface area contributed by atoms with E-state index >= 15 is 0 Å². The molecule has 0 saturated carbocycles. The van der Waals surface area contributed by atoms with Gasteiger partial charge in [0, 0.05) is 26.0 Å². The number of hydrogen-bond donors (Lipinski definition) is 1. The van der Waals surface area contributed by atoms with Crippen LogP contribution in [0.2, 0.25) is 0 Å². The van der Waals surface area contributed by atoms with E-state index in [-0.39, 0.29) is 10.5 Å². The number of sulfonamides is 1. The van der Waals surface area contributed by atoms with Gasteiger partial charge in [0.1, 0.15) is 18.0 Å². The molecule has 2 heterocycles. The molecule has 0 radical (unpaired) electrons. The molecular formula is C15H16N4O3S. The highest BCUT2D eigenvalue weighted by atomic mass is 32.2. The van der Waals surface area contributed by atoms with Crippen molar-refractivity contribution in [1.29, 1.82) is 5.26 Å². The molecule has 2 aromatic rings. The number of nitrogens with one attached hydrogen (secondary N) is 1. The summed E-state index contributed by atoms with van der Waals surface area (Å²) in [6.45, 7) is 0.449. The first kappa shape index (κ1) is 15.7. The molecule has 8 heteroatoms. The molecule has 3 rings (SSSR count). The molecule has 1 saturated heterocycles. The van der Waals surface area contributed by atoms with Crippen LogP contribution in [0, 0.1) is 11.3 Å². The number of aryl methyl sites for hydroxylation is 1. The van der Waals surface area contributed by atoms with Gasteiger partial charge in [0.15, 0.2) is 0 Å². The van der Waals surface area contributed by atoms with Gasteiger partial charge in [-0.25, -0.2) is 18.1 Å². The maximum absolute atomic E-state index is 12.6. The topological polar surface area (TPSA) is 97.0 Å². The quantitative estimate of drug-likeness (QED) is 0.904. The fraction of sp³-hybridized carbons (Fsp3) is 0.333. The molecule has 0 spiro atoms. The average molecular weight is 332 g/mol. The van der Waals surface area contributed by atoms with Crippen LogP contribution in [0.3, 0.4) is 0 Å². The van der Waals surface area contributed by atoms with Crippen LogP contribution in [-0.4, -0.2) is 30.6 Å². The molecule has 1 aromatic carbocycles. The zero-order valence-electron chi connectivity index (χ0n) is 12.5. The number of aromatic nitrogens is 2. The fourth-order valence-electron chi connectivity index (χ4n) is 2.67. The summed E-state index contributed by atoms with van der Waals surface area (Å²) >= 11 is 0. The zero-order chi connectivity index (χ0) is 16.4. The molecule has 0 unspecified atom stereocenters. The lowest BCUT2D eigenvalue weighted by molar-refractivity contribution is 0.0933. The first-order chi connectivity index (χ1) is 11.0. The Hall–Kier alpha value is -2.21. The SMILES string of the molecule is Cn1ccnc1[C@H]1OCC[C@@H]1NS(=O)(=O)c1ccccc1C#N. The second-order valence-electron chi connectivity index (χ2n) is 5.31. The van der Waals surface area contributed by atoms with Crippen LogP contribution >= 0.6 is 0 Å². The number of benzene rings is 1. The Morgan fingerprint density at radius 2 is 2.22 bits per heavy atom. The van der Waals surface area contributed by atoms with E-state index in [9.17, 15) is 8.42 Å². The highest BCUT2D eigenvalue weighted by Crippen LogP contribution is 2.29. The summed E-state index contributed by atoms with van der Waals surface area (Å²) in [4.78, 5) is 4.21. The number of rotatable bonds is 4. The number of ether oxygens (including phenoxy) is 1. The molecule has 7 nitrogen and oxygen atoms in total. The van der Waals surface area contributed by atoms with Gasteiger partial charge in [-0.05, 0) is 18.6 Å². The summed E-state index contributed by atoms with van der Waals surface area (Å²) in [6.07, 6.45) is 3.53. The average Bonchev–Trinajstić information content (AvgIpc) is 3.15. The highest BCUT2D eigenvalue weighted by Gasteiger charge is 2.36. The summed E-state index contributed by atoms with van der Waals surface area (Å²) in [5.41, 5.74) is 0.118. The van der Waals surface area contributed by atoms with Crippen molar-refractivity contribution in [3.05, 3.63) is 48.0 Å². The monoisotopic (exact) mass is 332 g/mol. The number of nitriles is 1. The molecule has 1 fully saturated rings. The first-order valence-electron chi connectivity index (χ1n) is 7.13. The summed E-state index contributed by atoms with van der Waals surface area (Å²) in [6, 6.07) is 7.62. The van der Waals surface area contributed by atoms with E-state index in [4.69, 9.17) is 10.00 Å². The Bertz CT molecular complexity index is 854. The van der Waals surface area contributed by atoms with Gasteiger partial charge < -0.3 is 9.30 Å². The largest absolute Gasteiger partial charge is 0.369 e. The van der Waals surface area contributed by atoms with Crippen molar-refractivity contribution in [3.63, 3.8) is 0 Å². The van der Waals surface area contributed by atoms with E-state index in [1.165, 1.54) is 12.1 Å². The van der Waals surface area contributed by atoms with Crippen LogP contribution in [0.4, 0.5) is 0 Å². The summed E-state index contributed by atoms with van der Waals surface area (Å²) in [5.74, 6) is 0.670. The molecule has 1 aromatic heterocycles. The highest BCUT2D eigenvalue weighted by molar-refractivity contribution is 7.89. The fourth-order valence-corrected chi connectivity index (χ4v) is 4.10. The van der Waals surface area contributed by atoms with Crippen molar-refractivity contribution >= 4 is 10.0 Å². The van der Waals surface area contributed by atoms with Crippen molar-refractivity contribution in [1.82, 2.24) is 14.3 Å². The Morgan fingerprint density at radius 3 is 2.91 bits per heavy atom. The lowest BCUT2D eigenvalue weighted by Gasteiger charge is -2.20. The van der Waals surface area contributed by atoms with Crippen molar-refractivity contribution in [2.45, 2.75) is 23.5 Å². The van der Waals surface area contributed by atoms with Crippen molar-refractivity contribution in [3.8, 4) is 6.07 Å². The predicted molar refractivity (Wildman–Crippen MR) is 81.8 cm³/mol. The Labute approximate surface area is 134 Å². The predicted octanol–water partition coefficient (Wildman–Crippen LogP) is 1.10. The molecule has 0 amide bonds. The van der Waals surface area contributed by atoms with Gasteiger partial charge in [-0.15, -0.1) is 0 Å². The zero-order valence-corrected chi connectivity index (χ0v) is 13.3. The lowest BCUT2D eigenvalue weighted by atomic mass is 10.1.